The smallest absolute Gasteiger partial charge is 0.0277 e. The Morgan fingerprint density at radius 1 is 0.850 bits per heavy atom. The van der Waals surface area contributed by atoms with Crippen LogP contribution in [-0.4, -0.2) is 0 Å². The molecule has 3 aromatic rings. The van der Waals surface area contributed by atoms with Gasteiger partial charge in [-0.3, -0.25) is 0 Å². The molecule has 0 aromatic heterocycles. The molecule has 0 amide bonds. The number of benzene rings is 3. The maximum atomic E-state index is 6.05. The van der Waals surface area contributed by atoms with Crippen molar-refractivity contribution in [1.82, 2.24) is 0 Å². The SMILES string of the molecule is C[C@@H](N)c1ccccc1Sc1ccc2ccccc2c1. The molecule has 0 aliphatic carbocycles. The standard InChI is InChI=1S/C18H17NS/c1-13(19)17-8-4-5-9-18(17)20-16-11-10-14-6-2-3-7-15(14)12-16/h2-13H,19H2,1H3/t13-/m1/s1. The summed E-state index contributed by atoms with van der Waals surface area (Å²) in [5.74, 6) is 0. The Kier molecular flexibility index (Phi) is 3.77. The maximum Gasteiger partial charge on any atom is 0.0277 e. The highest BCUT2D eigenvalue weighted by Crippen LogP contribution is 2.34. The van der Waals surface area contributed by atoms with Gasteiger partial charge in [0.2, 0.25) is 0 Å². The molecule has 0 bridgehead atoms. The topological polar surface area (TPSA) is 26.0 Å². The van der Waals surface area contributed by atoms with E-state index in [2.05, 4.69) is 60.7 Å². The summed E-state index contributed by atoms with van der Waals surface area (Å²) in [6.07, 6.45) is 0. The van der Waals surface area contributed by atoms with Gasteiger partial charge in [-0.2, -0.15) is 0 Å². The van der Waals surface area contributed by atoms with Crippen LogP contribution in [-0.2, 0) is 0 Å². The van der Waals surface area contributed by atoms with Crippen LogP contribution in [0.4, 0.5) is 0 Å². The normalized spacial score (nSPS) is 12.5. The molecule has 20 heavy (non-hydrogen) atoms. The van der Waals surface area contributed by atoms with Gasteiger partial charge in [0.1, 0.15) is 0 Å². The summed E-state index contributed by atoms with van der Waals surface area (Å²) in [5, 5.41) is 2.55. The van der Waals surface area contributed by atoms with Crippen molar-refractivity contribution < 1.29 is 0 Å². The summed E-state index contributed by atoms with van der Waals surface area (Å²) in [4.78, 5) is 2.48. The summed E-state index contributed by atoms with van der Waals surface area (Å²) in [7, 11) is 0. The number of fused-ring (bicyclic) bond motifs is 1. The van der Waals surface area contributed by atoms with E-state index < -0.39 is 0 Å². The summed E-state index contributed by atoms with van der Waals surface area (Å²) in [6, 6.07) is 23.4. The third-order valence-electron chi connectivity index (χ3n) is 3.36. The van der Waals surface area contributed by atoms with Crippen LogP contribution in [0.5, 0.6) is 0 Å². The Bertz CT molecular complexity index is 734. The van der Waals surface area contributed by atoms with Crippen molar-refractivity contribution in [3.8, 4) is 0 Å². The van der Waals surface area contributed by atoms with Gasteiger partial charge in [0.05, 0.1) is 0 Å². The van der Waals surface area contributed by atoms with E-state index in [1.807, 2.05) is 13.0 Å². The number of rotatable bonds is 3. The van der Waals surface area contributed by atoms with E-state index in [9.17, 15) is 0 Å². The number of hydrogen-bond acceptors (Lipinski definition) is 2. The molecule has 2 N–H and O–H groups in total. The zero-order valence-corrected chi connectivity index (χ0v) is 12.2. The lowest BCUT2D eigenvalue weighted by Crippen LogP contribution is -2.05. The Balaban J connectivity index is 1.97. The number of nitrogens with two attached hydrogens (primary N) is 1. The van der Waals surface area contributed by atoms with E-state index in [4.69, 9.17) is 5.73 Å². The van der Waals surface area contributed by atoms with Gasteiger partial charge in [-0.25, -0.2) is 0 Å². The van der Waals surface area contributed by atoms with Crippen LogP contribution in [0.3, 0.4) is 0 Å². The first-order chi connectivity index (χ1) is 9.74. The molecule has 1 atom stereocenters. The third-order valence-corrected chi connectivity index (χ3v) is 4.44. The van der Waals surface area contributed by atoms with Crippen molar-refractivity contribution in [2.24, 2.45) is 5.73 Å². The summed E-state index contributed by atoms with van der Waals surface area (Å²) in [6.45, 7) is 2.03. The monoisotopic (exact) mass is 279 g/mol. The molecule has 0 aliphatic rings. The Morgan fingerprint density at radius 2 is 1.55 bits per heavy atom. The minimum absolute atomic E-state index is 0.0548. The summed E-state index contributed by atoms with van der Waals surface area (Å²) >= 11 is 1.78. The van der Waals surface area contributed by atoms with E-state index in [1.165, 1.54) is 26.1 Å². The average molecular weight is 279 g/mol. The molecule has 0 heterocycles. The molecule has 100 valence electrons. The molecule has 3 rings (SSSR count). The van der Waals surface area contributed by atoms with Crippen LogP contribution < -0.4 is 5.73 Å². The molecule has 3 aromatic carbocycles. The lowest BCUT2D eigenvalue weighted by molar-refractivity contribution is 0.797. The first kappa shape index (κ1) is 13.2. The highest BCUT2D eigenvalue weighted by Gasteiger charge is 2.07. The van der Waals surface area contributed by atoms with Crippen molar-refractivity contribution in [1.29, 1.82) is 0 Å². The van der Waals surface area contributed by atoms with Gasteiger partial charge in [-0.15, -0.1) is 0 Å². The van der Waals surface area contributed by atoms with E-state index in [1.54, 1.807) is 11.8 Å². The molecule has 0 saturated carbocycles. The van der Waals surface area contributed by atoms with Crippen molar-refractivity contribution in [2.45, 2.75) is 22.8 Å². The minimum atomic E-state index is 0.0548. The van der Waals surface area contributed by atoms with Crippen LogP contribution in [0.1, 0.15) is 18.5 Å². The maximum absolute atomic E-state index is 6.05. The van der Waals surface area contributed by atoms with Crippen molar-refractivity contribution in [3.05, 3.63) is 72.3 Å². The van der Waals surface area contributed by atoms with Crippen LogP contribution in [0.25, 0.3) is 10.8 Å². The fourth-order valence-electron chi connectivity index (χ4n) is 2.31. The van der Waals surface area contributed by atoms with E-state index in [0.29, 0.717) is 0 Å². The van der Waals surface area contributed by atoms with Gasteiger partial charge in [-0.05, 0) is 41.5 Å². The lowest BCUT2D eigenvalue weighted by Gasteiger charge is -2.12. The molecule has 2 heteroatoms. The molecule has 0 aliphatic heterocycles. The lowest BCUT2D eigenvalue weighted by atomic mass is 10.1. The Labute approximate surface area is 123 Å². The van der Waals surface area contributed by atoms with Gasteiger partial charge in [-0.1, -0.05) is 60.3 Å². The Morgan fingerprint density at radius 3 is 2.35 bits per heavy atom. The van der Waals surface area contributed by atoms with Crippen LogP contribution in [0, 0.1) is 0 Å². The minimum Gasteiger partial charge on any atom is -0.324 e. The fourth-order valence-corrected chi connectivity index (χ4v) is 3.40. The second kappa shape index (κ2) is 5.70. The van der Waals surface area contributed by atoms with Crippen molar-refractivity contribution in [3.63, 3.8) is 0 Å². The van der Waals surface area contributed by atoms with Gasteiger partial charge in [0, 0.05) is 15.8 Å². The van der Waals surface area contributed by atoms with E-state index in [0.717, 1.165) is 0 Å². The second-order valence-electron chi connectivity index (χ2n) is 4.94. The average Bonchev–Trinajstić information content (AvgIpc) is 2.47. The molecule has 0 fully saturated rings. The van der Waals surface area contributed by atoms with Gasteiger partial charge in [0.15, 0.2) is 0 Å². The first-order valence-corrected chi connectivity index (χ1v) is 7.57. The largest absolute Gasteiger partial charge is 0.324 e. The van der Waals surface area contributed by atoms with Crippen molar-refractivity contribution in [2.75, 3.05) is 0 Å². The molecular weight excluding hydrogens is 262 g/mol. The Hall–Kier alpha value is -1.77. The fraction of sp³-hybridized carbons (Fsp3) is 0.111. The molecule has 0 spiro atoms. The molecular formula is C18H17NS. The van der Waals surface area contributed by atoms with Crippen LogP contribution in [0.15, 0.2) is 76.5 Å². The van der Waals surface area contributed by atoms with E-state index in [-0.39, 0.29) is 6.04 Å². The van der Waals surface area contributed by atoms with E-state index >= 15 is 0 Å². The predicted octanol–water partition coefficient (Wildman–Crippen LogP) is 5.01. The zero-order chi connectivity index (χ0) is 13.9. The van der Waals surface area contributed by atoms with Gasteiger partial charge in [0.25, 0.3) is 0 Å². The highest BCUT2D eigenvalue weighted by molar-refractivity contribution is 7.99. The zero-order valence-electron chi connectivity index (χ0n) is 11.4. The van der Waals surface area contributed by atoms with Gasteiger partial charge < -0.3 is 5.73 Å². The van der Waals surface area contributed by atoms with Gasteiger partial charge >= 0.3 is 0 Å². The summed E-state index contributed by atoms with van der Waals surface area (Å²) < 4.78 is 0. The molecule has 0 unspecified atom stereocenters. The third kappa shape index (κ3) is 2.72. The predicted molar refractivity (Wildman–Crippen MR) is 87.1 cm³/mol. The molecule has 0 saturated heterocycles. The second-order valence-corrected chi connectivity index (χ2v) is 6.05. The first-order valence-electron chi connectivity index (χ1n) is 6.75. The molecule has 1 nitrogen and oxygen atoms in total. The summed E-state index contributed by atoms with van der Waals surface area (Å²) in [5.41, 5.74) is 7.25. The quantitative estimate of drug-likeness (QED) is 0.729. The number of hydrogen-bond donors (Lipinski definition) is 1. The van der Waals surface area contributed by atoms with Crippen molar-refractivity contribution >= 4 is 22.5 Å². The van der Waals surface area contributed by atoms with Crippen LogP contribution >= 0.6 is 11.8 Å². The highest BCUT2D eigenvalue weighted by atomic mass is 32.2. The van der Waals surface area contributed by atoms with Crippen LogP contribution in [0.2, 0.25) is 0 Å². The molecule has 0 radical (unpaired) electrons.